The highest BCUT2D eigenvalue weighted by molar-refractivity contribution is 5.74. The Hall–Kier alpha value is -2.36. The fourth-order valence-corrected chi connectivity index (χ4v) is 5.80. The van der Waals surface area contributed by atoms with Gasteiger partial charge in [-0.05, 0) is 36.2 Å². The predicted octanol–water partition coefficient (Wildman–Crippen LogP) is 3.80. The van der Waals surface area contributed by atoms with Gasteiger partial charge in [0.2, 0.25) is 0 Å². The van der Waals surface area contributed by atoms with Crippen LogP contribution in [0.15, 0.2) is 30.3 Å². The van der Waals surface area contributed by atoms with Gasteiger partial charge in [0.25, 0.3) is 0 Å². The normalized spacial score (nSPS) is 27.2. The summed E-state index contributed by atoms with van der Waals surface area (Å²) in [6, 6.07) is 8.88. The summed E-state index contributed by atoms with van der Waals surface area (Å²) in [6.45, 7) is 12.6. The van der Waals surface area contributed by atoms with Gasteiger partial charge < -0.3 is 34.9 Å². The van der Waals surface area contributed by atoms with Gasteiger partial charge in [0.15, 0.2) is 6.29 Å². The van der Waals surface area contributed by atoms with Gasteiger partial charge >= 0.3 is 12.1 Å². The summed E-state index contributed by atoms with van der Waals surface area (Å²) in [5.41, 5.74) is 0.914. The molecule has 3 N–H and O–H groups in total. The average Bonchev–Trinajstić information content (AvgIpc) is 3.41. The molecule has 7 atom stereocenters. The highest BCUT2D eigenvalue weighted by Crippen LogP contribution is 2.49. The molecule has 218 valence electrons. The number of hydrogen-bond acceptors (Lipinski definition) is 6. The molecule has 2 aliphatic heterocycles. The van der Waals surface area contributed by atoms with Gasteiger partial charge in [-0.1, -0.05) is 65.0 Å². The maximum absolute atomic E-state index is 13.2. The number of rotatable bonds is 11. The Bertz CT molecular complexity index is 952. The number of carbonyl (C=O) groups is 2. The largest absolute Gasteiger partial charge is 0.445 e. The lowest BCUT2D eigenvalue weighted by Gasteiger charge is -2.32. The van der Waals surface area contributed by atoms with Crippen LogP contribution in [0.25, 0.3) is 0 Å². The number of carbonyl (C=O) groups excluding carboxylic acids is 2. The Kier molecular flexibility index (Phi) is 9.78. The lowest BCUT2D eigenvalue weighted by atomic mass is 9.97. The van der Waals surface area contributed by atoms with Crippen LogP contribution < -0.4 is 10.6 Å². The van der Waals surface area contributed by atoms with E-state index < -0.39 is 18.2 Å². The molecule has 9 heteroatoms. The first-order valence-electron chi connectivity index (χ1n) is 14.5. The van der Waals surface area contributed by atoms with E-state index in [1.165, 1.54) is 0 Å². The Morgan fingerprint density at radius 1 is 1.13 bits per heavy atom. The number of alkyl carbamates (subject to hydrolysis) is 1. The molecule has 3 amide bonds. The zero-order valence-corrected chi connectivity index (χ0v) is 24.1. The van der Waals surface area contributed by atoms with Crippen LogP contribution in [0.2, 0.25) is 0 Å². The maximum atomic E-state index is 13.2. The van der Waals surface area contributed by atoms with E-state index in [0.717, 1.165) is 18.4 Å². The molecule has 1 aromatic carbocycles. The van der Waals surface area contributed by atoms with Gasteiger partial charge in [0.1, 0.15) is 6.10 Å². The van der Waals surface area contributed by atoms with Gasteiger partial charge in [-0.2, -0.15) is 0 Å². The fraction of sp³-hybridized carbons (Fsp3) is 0.733. The molecule has 39 heavy (non-hydrogen) atoms. The molecule has 7 unspecified atom stereocenters. The van der Waals surface area contributed by atoms with E-state index in [-0.39, 0.29) is 48.1 Å². The molecule has 0 radical (unpaired) electrons. The summed E-state index contributed by atoms with van der Waals surface area (Å²) in [5, 5.41) is 17.4. The highest BCUT2D eigenvalue weighted by atomic mass is 16.7. The van der Waals surface area contributed by atoms with Crippen molar-refractivity contribution in [3.8, 4) is 0 Å². The summed E-state index contributed by atoms with van der Waals surface area (Å²) in [4.78, 5) is 28.0. The number of amides is 3. The Morgan fingerprint density at radius 2 is 1.85 bits per heavy atom. The van der Waals surface area contributed by atoms with Crippen LogP contribution in [-0.4, -0.2) is 79.5 Å². The topological polar surface area (TPSA) is 109 Å². The number of benzene rings is 1. The van der Waals surface area contributed by atoms with Crippen molar-refractivity contribution in [1.29, 1.82) is 0 Å². The van der Waals surface area contributed by atoms with E-state index in [9.17, 15) is 14.7 Å². The summed E-state index contributed by atoms with van der Waals surface area (Å²) in [6.07, 6.45) is 0.174. The standard InChI is InChI=1S/C30H47N3O6/c1-19(2)11-12-33(28(35)31-18-30(3,4)5)15-25(34)24(13-20-9-7-6-8-10-20)32-29(36)39-26-21-14-22-23(26)17-38-27(22)37-16-21/h6-10,19,21-27,34H,11-18H2,1-5H3,(H,31,35)(H,32,36). The van der Waals surface area contributed by atoms with E-state index in [0.29, 0.717) is 38.6 Å². The second-order valence-electron chi connectivity index (χ2n) is 13.1. The lowest BCUT2D eigenvalue weighted by Crippen LogP contribution is -2.53. The van der Waals surface area contributed by atoms with Crippen LogP contribution >= 0.6 is 0 Å². The third kappa shape index (κ3) is 8.08. The van der Waals surface area contributed by atoms with Crippen molar-refractivity contribution in [3.05, 3.63) is 35.9 Å². The fourth-order valence-electron chi connectivity index (χ4n) is 5.80. The van der Waals surface area contributed by atoms with E-state index in [1.807, 2.05) is 30.3 Å². The second-order valence-corrected chi connectivity index (χ2v) is 13.1. The van der Waals surface area contributed by atoms with Crippen LogP contribution in [0.5, 0.6) is 0 Å². The number of urea groups is 1. The minimum absolute atomic E-state index is 0.0624. The SMILES string of the molecule is CC(C)CCN(CC(O)C(Cc1ccccc1)NC(=O)OC1C2COC3OCC1C3C2)C(=O)NCC(C)(C)C. The first-order chi connectivity index (χ1) is 18.5. The van der Waals surface area contributed by atoms with Crippen molar-refractivity contribution in [2.75, 3.05) is 32.8 Å². The molecule has 2 heterocycles. The van der Waals surface area contributed by atoms with Gasteiger partial charge in [0, 0.05) is 30.8 Å². The number of aliphatic hydroxyl groups excluding tert-OH is 1. The molecule has 2 bridgehead atoms. The summed E-state index contributed by atoms with van der Waals surface area (Å²) in [7, 11) is 0. The van der Waals surface area contributed by atoms with Gasteiger partial charge in [0.05, 0.1) is 31.9 Å². The molecule has 4 rings (SSSR count). The third-order valence-corrected chi connectivity index (χ3v) is 8.04. The average molecular weight is 546 g/mol. The smallest absolute Gasteiger partial charge is 0.407 e. The maximum Gasteiger partial charge on any atom is 0.407 e. The van der Waals surface area contributed by atoms with Crippen molar-refractivity contribution in [2.24, 2.45) is 29.1 Å². The molecular formula is C30H47N3O6. The number of aliphatic hydroxyl groups is 1. The number of fused-ring (bicyclic) bond motifs is 1. The quantitative estimate of drug-likeness (QED) is 0.390. The molecule has 1 aliphatic carbocycles. The lowest BCUT2D eigenvalue weighted by molar-refractivity contribution is -0.169. The monoisotopic (exact) mass is 545 g/mol. The molecule has 1 aromatic rings. The van der Waals surface area contributed by atoms with Crippen molar-refractivity contribution in [1.82, 2.24) is 15.5 Å². The van der Waals surface area contributed by atoms with E-state index in [1.54, 1.807) is 4.90 Å². The van der Waals surface area contributed by atoms with Crippen molar-refractivity contribution in [2.45, 2.75) is 78.4 Å². The minimum atomic E-state index is -0.990. The molecule has 0 spiro atoms. The first kappa shape index (κ1) is 29.6. The van der Waals surface area contributed by atoms with Crippen LogP contribution in [0.3, 0.4) is 0 Å². The van der Waals surface area contributed by atoms with Crippen molar-refractivity contribution < 1.29 is 28.9 Å². The molecule has 2 saturated heterocycles. The van der Waals surface area contributed by atoms with Gasteiger partial charge in [-0.3, -0.25) is 0 Å². The number of nitrogens with one attached hydrogen (secondary N) is 2. The molecule has 3 aliphatic rings. The van der Waals surface area contributed by atoms with Crippen LogP contribution in [0.1, 0.15) is 53.0 Å². The van der Waals surface area contributed by atoms with E-state index in [2.05, 4.69) is 45.3 Å². The van der Waals surface area contributed by atoms with E-state index in [4.69, 9.17) is 14.2 Å². The Labute approximate surface area is 232 Å². The number of hydrogen-bond donors (Lipinski definition) is 3. The van der Waals surface area contributed by atoms with Crippen LogP contribution in [0, 0.1) is 29.1 Å². The number of ether oxygens (including phenoxy) is 3. The third-order valence-electron chi connectivity index (χ3n) is 8.04. The summed E-state index contributed by atoms with van der Waals surface area (Å²) >= 11 is 0. The van der Waals surface area contributed by atoms with Gasteiger partial charge in [-0.25, -0.2) is 9.59 Å². The molecule has 0 aromatic heterocycles. The molecule has 1 saturated carbocycles. The van der Waals surface area contributed by atoms with E-state index >= 15 is 0 Å². The van der Waals surface area contributed by atoms with Crippen LogP contribution in [-0.2, 0) is 20.6 Å². The van der Waals surface area contributed by atoms with Crippen molar-refractivity contribution in [3.63, 3.8) is 0 Å². The predicted molar refractivity (Wildman–Crippen MR) is 148 cm³/mol. The first-order valence-corrected chi connectivity index (χ1v) is 14.5. The highest BCUT2D eigenvalue weighted by Gasteiger charge is 2.56. The Balaban J connectivity index is 1.43. The molecule has 3 fully saturated rings. The summed E-state index contributed by atoms with van der Waals surface area (Å²) in [5.74, 6) is 0.987. The van der Waals surface area contributed by atoms with Crippen LogP contribution in [0.4, 0.5) is 9.59 Å². The zero-order valence-electron chi connectivity index (χ0n) is 24.1. The molecule has 9 nitrogen and oxygen atoms in total. The van der Waals surface area contributed by atoms with Gasteiger partial charge in [-0.15, -0.1) is 0 Å². The summed E-state index contributed by atoms with van der Waals surface area (Å²) < 4.78 is 17.5. The minimum Gasteiger partial charge on any atom is -0.445 e. The second kappa shape index (κ2) is 12.9. The molecular weight excluding hydrogens is 498 g/mol. The number of nitrogens with zero attached hydrogens (tertiary/aromatic N) is 1. The van der Waals surface area contributed by atoms with Crippen molar-refractivity contribution >= 4 is 12.1 Å². The zero-order chi connectivity index (χ0) is 28.2. The Morgan fingerprint density at radius 3 is 2.54 bits per heavy atom.